The summed E-state index contributed by atoms with van der Waals surface area (Å²) >= 11 is 0. The second-order valence-electron chi connectivity index (χ2n) is 8.37. The molecule has 34 heavy (non-hydrogen) atoms. The van der Waals surface area contributed by atoms with Crippen LogP contribution in [0.4, 0.5) is 4.39 Å². The lowest BCUT2D eigenvalue weighted by molar-refractivity contribution is 0.0656. The van der Waals surface area contributed by atoms with Crippen molar-refractivity contribution < 1.29 is 22.9 Å². The number of halogens is 1. The normalized spacial score (nSPS) is 15.9. The number of methoxy groups -OCH3 is 1. The molecule has 0 N–H and O–H groups in total. The fourth-order valence-electron chi connectivity index (χ4n) is 4.23. The number of carbonyl (C=O) groups excluding carboxylic acids is 1. The van der Waals surface area contributed by atoms with E-state index in [2.05, 4.69) is 10.1 Å². The summed E-state index contributed by atoms with van der Waals surface area (Å²) in [7, 11) is 1.64. The minimum atomic E-state index is -0.332. The van der Waals surface area contributed by atoms with Gasteiger partial charge in [0.15, 0.2) is 5.89 Å². The number of nitrogens with zero attached hydrogens (tertiary/aromatic N) is 3. The molecule has 1 aliphatic rings. The van der Waals surface area contributed by atoms with E-state index >= 15 is 0 Å². The van der Waals surface area contributed by atoms with Crippen molar-refractivity contribution in [2.45, 2.75) is 25.2 Å². The van der Waals surface area contributed by atoms with Crippen LogP contribution in [0.15, 0.2) is 69.7 Å². The maximum absolute atomic E-state index is 13.2. The molecule has 2 aromatic carbocycles. The van der Waals surface area contributed by atoms with E-state index in [-0.39, 0.29) is 23.4 Å². The SMILES string of the molecule is COc1cccc(Cc2cnc([C@H]3CCCN(C(=O)c4cc(-c5ccc(F)cc5)no4)C3)o2)c1. The van der Waals surface area contributed by atoms with E-state index in [0.717, 1.165) is 29.9 Å². The van der Waals surface area contributed by atoms with Crippen molar-refractivity contribution in [2.75, 3.05) is 20.2 Å². The van der Waals surface area contributed by atoms with Crippen LogP contribution in [0, 0.1) is 5.82 Å². The highest BCUT2D eigenvalue weighted by Crippen LogP contribution is 2.29. The van der Waals surface area contributed by atoms with Crippen molar-refractivity contribution in [2.24, 2.45) is 0 Å². The number of benzene rings is 2. The lowest BCUT2D eigenvalue weighted by Crippen LogP contribution is -2.39. The highest BCUT2D eigenvalue weighted by Gasteiger charge is 2.30. The molecule has 0 unspecified atom stereocenters. The Morgan fingerprint density at radius 2 is 2.06 bits per heavy atom. The molecule has 1 fully saturated rings. The number of oxazole rings is 1. The summed E-state index contributed by atoms with van der Waals surface area (Å²) in [6.45, 7) is 1.11. The van der Waals surface area contributed by atoms with Crippen LogP contribution >= 0.6 is 0 Å². The van der Waals surface area contributed by atoms with Gasteiger partial charge in [-0.1, -0.05) is 17.3 Å². The largest absolute Gasteiger partial charge is 0.497 e. The summed E-state index contributed by atoms with van der Waals surface area (Å²) in [5, 5.41) is 3.98. The van der Waals surface area contributed by atoms with Gasteiger partial charge in [0.1, 0.15) is 23.0 Å². The van der Waals surface area contributed by atoms with Gasteiger partial charge in [-0.2, -0.15) is 0 Å². The number of likely N-dealkylation sites (tertiary alicyclic amines) is 1. The molecule has 1 amide bonds. The van der Waals surface area contributed by atoms with E-state index in [0.29, 0.717) is 36.7 Å². The Morgan fingerprint density at radius 1 is 1.21 bits per heavy atom. The Hall–Kier alpha value is -3.94. The molecule has 0 aliphatic carbocycles. The Bertz CT molecular complexity index is 1280. The molecular formula is C26H24FN3O4. The van der Waals surface area contributed by atoms with Crippen molar-refractivity contribution in [1.29, 1.82) is 0 Å². The number of carbonyl (C=O) groups is 1. The van der Waals surface area contributed by atoms with Crippen LogP contribution in [0.2, 0.25) is 0 Å². The van der Waals surface area contributed by atoms with Crippen LogP contribution < -0.4 is 4.74 Å². The van der Waals surface area contributed by atoms with Gasteiger partial charge in [-0.25, -0.2) is 9.37 Å². The van der Waals surface area contributed by atoms with Gasteiger partial charge in [-0.3, -0.25) is 4.79 Å². The van der Waals surface area contributed by atoms with Crippen LogP contribution in [0.3, 0.4) is 0 Å². The minimum absolute atomic E-state index is 0.0104. The smallest absolute Gasteiger partial charge is 0.292 e. The fourth-order valence-corrected chi connectivity index (χ4v) is 4.23. The van der Waals surface area contributed by atoms with Crippen LogP contribution in [-0.2, 0) is 6.42 Å². The summed E-state index contributed by atoms with van der Waals surface area (Å²) in [5.74, 6) is 1.82. The number of piperidine rings is 1. The van der Waals surface area contributed by atoms with E-state index in [4.69, 9.17) is 13.7 Å². The maximum atomic E-state index is 13.2. The number of amides is 1. The highest BCUT2D eigenvalue weighted by atomic mass is 19.1. The molecule has 0 radical (unpaired) electrons. The number of hydrogen-bond acceptors (Lipinski definition) is 6. The van der Waals surface area contributed by atoms with E-state index in [1.807, 2.05) is 24.3 Å². The topological polar surface area (TPSA) is 81.6 Å². The Kier molecular flexibility index (Phi) is 6.12. The third kappa shape index (κ3) is 4.71. The van der Waals surface area contributed by atoms with Gasteiger partial charge in [0.25, 0.3) is 5.91 Å². The summed E-state index contributed by atoms with van der Waals surface area (Å²) < 4.78 is 29.8. The molecule has 1 saturated heterocycles. The van der Waals surface area contributed by atoms with Crippen LogP contribution in [0.5, 0.6) is 5.75 Å². The highest BCUT2D eigenvalue weighted by molar-refractivity contribution is 5.92. The number of aromatic nitrogens is 2. The quantitative estimate of drug-likeness (QED) is 0.398. The number of hydrogen-bond donors (Lipinski definition) is 0. The molecule has 7 nitrogen and oxygen atoms in total. The molecule has 0 saturated carbocycles. The van der Waals surface area contributed by atoms with E-state index in [9.17, 15) is 9.18 Å². The van der Waals surface area contributed by atoms with Gasteiger partial charge >= 0.3 is 0 Å². The molecule has 0 spiro atoms. The summed E-state index contributed by atoms with van der Waals surface area (Å²) in [4.78, 5) is 19.3. The third-order valence-electron chi connectivity index (χ3n) is 6.00. The first-order valence-corrected chi connectivity index (χ1v) is 11.2. The van der Waals surface area contributed by atoms with Crippen molar-refractivity contribution in [3.63, 3.8) is 0 Å². The molecular weight excluding hydrogens is 437 g/mol. The van der Waals surface area contributed by atoms with Gasteiger partial charge in [-0.15, -0.1) is 0 Å². The van der Waals surface area contributed by atoms with Crippen molar-refractivity contribution >= 4 is 5.91 Å². The van der Waals surface area contributed by atoms with Gasteiger partial charge in [0, 0.05) is 31.1 Å². The molecule has 8 heteroatoms. The van der Waals surface area contributed by atoms with Crippen LogP contribution in [0.1, 0.15) is 46.5 Å². The fraction of sp³-hybridized carbons (Fsp3) is 0.269. The number of rotatable bonds is 6. The van der Waals surface area contributed by atoms with Gasteiger partial charge in [-0.05, 0) is 54.8 Å². The van der Waals surface area contributed by atoms with Crippen LogP contribution in [-0.4, -0.2) is 41.1 Å². The molecule has 1 aliphatic heterocycles. The standard InChI is InChI=1S/C26H24FN3O4/c1-32-21-6-2-4-17(12-21)13-22-15-28-25(33-22)19-5-3-11-30(16-19)26(31)24-14-23(29-34-24)18-7-9-20(27)10-8-18/h2,4,6-10,12,14-15,19H,3,5,11,13,16H2,1H3/t19-/m0/s1. The summed E-state index contributed by atoms with van der Waals surface area (Å²) in [6, 6.07) is 15.3. The zero-order valence-electron chi connectivity index (χ0n) is 18.7. The average Bonchev–Trinajstić information content (AvgIpc) is 3.55. The molecule has 3 heterocycles. The minimum Gasteiger partial charge on any atom is -0.497 e. The van der Waals surface area contributed by atoms with Gasteiger partial charge < -0.3 is 18.6 Å². The Morgan fingerprint density at radius 3 is 2.88 bits per heavy atom. The zero-order chi connectivity index (χ0) is 23.5. The monoisotopic (exact) mass is 461 g/mol. The molecule has 174 valence electrons. The average molecular weight is 461 g/mol. The maximum Gasteiger partial charge on any atom is 0.292 e. The predicted octanol–water partition coefficient (Wildman–Crippen LogP) is 5.09. The van der Waals surface area contributed by atoms with E-state index in [1.54, 1.807) is 36.4 Å². The lowest BCUT2D eigenvalue weighted by atomic mass is 9.98. The Balaban J connectivity index is 1.25. The zero-order valence-corrected chi connectivity index (χ0v) is 18.7. The first-order chi connectivity index (χ1) is 16.6. The van der Waals surface area contributed by atoms with Crippen molar-refractivity contribution in [1.82, 2.24) is 15.0 Å². The van der Waals surface area contributed by atoms with Gasteiger partial charge in [0.2, 0.25) is 5.76 Å². The second kappa shape index (κ2) is 9.51. The van der Waals surface area contributed by atoms with E-state index in [1.165, 1.54) is 12.1 Å². The second-order valence-corrected chi connectivity index (χ2v) is 8.37. The summed E-state index contributed by atoms with van der Waals surface area (Å²) in [6.07, 6.45) is 4.09. The molecule has 1 atom stereocenters. The summed E-state index contributed by atoms with van der Waals surface area (Å²) in [5.41, 5.74) is 2.25. The number of ether oxygens (including phenoxy) is 1. The first-order valence-electron chi connectivity index (χ1n) is 11.2. The van der Waals surface area contributed by atoms with Crippen molar-refractivity contribution in [3.05, 3.63) is 89.6 Å². The first kappa shape index (κ1) is 21.9. The van der Waals surface area contributed by atoms with E-state index < -0.39 is 0 Å². The molecule has 2 aromatic heterocycles. The van der Waals surface area contributed by atoms with Gasteiger partial charge in [0.05, 0.1) is 19.2 Å². The Labute approximate surface area is 196 Å². The van der Waals surface area contributed by atoms with Crippen molar-refractivity contribution in [3.8, 4) is 17.0 Å². The predicted molar refractivity (Wildman–Crippen MR) is 122 cm³/mol. The molecule has 4 aromatic rings. The molecule has 0 bridgehead atoms. The van der Waals surface area contributed by atoms with Crippen LogP contribution in [0.25, 0.3) is 11.3 Å². The lowest BCUT2D eigenvalue weighted by Gasteiger charge is -2.30. The third-order valence-corrected chi connectivity index (χ3v) is 6.00. The molecule has 5 rings (SSSR count).